The van der Waals surface area contributed by atoms with Gasteiger partial charge in [-0.15, -0.1) is 6.58 Å². The molecule has 3 N–H and O–H groups in total. The van der Waals surface area contributed by atoms with Crippen LogP contribution in [-0.4, -0.2) is 109 Å². The smallest absolute Gasteiger partial charge is 0.239 e. The molecule has 2 aliphatic carbocycles. The minimum Gasteiger partial charge on any atom is -0.490 e. The van der Waals surface area contributed by atoms with E-state index in [4.69, 9.17) is 33.7 Å². The third kappa shape index (κ3) is 14.1. The molecule has 12 nitrogen and oxygen atoms in total. The van der Waals surface area contributed by atoms with E-state index in [2.05, 4.69) is 32.2 Å². The van der Waals surface area contributed by atoms with Crippen LogP contribution in [0.4, 0.5) is 0 Å². The van der Waals surface area contributed by atoms with Gasteiger partial charge in [0.1, 0.15) is 24.1 Å². The van der Waals surface area contributed by atoms with Gasteiger partial charge in [-0.2, -0.15) is 0 Å². The maximum Gasteiger partial charge on any atom is 0.239 e. The summed E-state index contributed by atoms with van der Waals surface area (Å²) >= 11 is 0. The van der Waals surface area contributed by atoms with Crippen molar-refractivity contribution in [3.8, 4) is 11.5 Å². The number of rotatable bonds is 32. The Morgan fingerprint density at radius 3 is 2.35 bits per heavy atom. The van der Waals surface area contributed by atoms with Gasteiger partial charge in [0.05, 0.1) is 44.7 Å². The molecular weight excluding hydrogens is 801 g/mol. The first-order valence-corrected chi connectivity index (χ1v) is 24.5. The SMILES string of the molecule is C=CCOc1ccc2c(c1)C1C(CCCCO)C(CCCCO)C=C3C(=NOC4CCCCO4)CC(N(CCOCCO)C(=O)CCCCCCCCCCC)C(OCC=C)(O2)C31. The van der Waals surface area contributed by atoms with Crippen LogP contribution in [0, 0.1) is 17.8 Å². The highest BCUT2D eigenvalue weighted by Gasteiger charge is 2.65. The lowest BCUT2D eigenvalue weighted by Crippen LogP contribution is -2.70. The molecule has 1 saturated carbocycles. The van der Waals surface area contributed by atoms with Gasteiger partial charge in [-0.3, -0.25) is 4.79 Å². The molecule has 63 heavy (non-hydrogen) atoms. The Hall–Kier alpha value is -3.26. The Labute approximate surface area is 378 Å². The van der Waals surface area contributed by atoms with Crippen molar-refractivity contribution in [3.05, 3.63) is 60.7 Å². The van der Waals surface area contributed by atoms with Crippen molar-refractivity contribution >= 4 is 11.6 Å². The van der Waals surface area contributed by atoms with E-state index in [1.165, 1.54) is 38.5 Å². The molecule has 354 valence electrons. The zero-order chi connectivity index (χ0) is 44.7. The van der Waals surface area contributed by atoms with Gasteiger partial charge in [-0.05, 0) is 80.6 Å². The van der Waals surface area contributed by atoms with E-state index >= 15 is 0 Å². The second-order valence-electron chi connectivity index (χ2n) is 17.8. The van der Waals surface area contributed by atoms with Crippen molar-refractivity contribution in [1.82, 2.24) is 4.90 Å². The number of fused-ring (bicyclic) bond motifs is 2. The highest BCUT2D eigenvalue weighted by Crippen LogP contribution is 2.62. The number of benzene rings is 1. The Kier molecular flexibility index (Phi) is 22.5. The summed E-state index contributed by atoms with van der Waals surface area (Å²) in [6.07, 6.45) is 23.8. The molecule has 2 aliphatic heterocycles. The van der Waals surface area contributed by atoms with E-state index in [1.807, 2.05) is 17.0 Å². The number of unbranched alkanes of at least 4 members (excludes halogenated alkanes) is 10. The van der Waals surface area contributed by atoms with E-state index in [0.29, 0.717) is 50.4 Å². The standard InChI is InChI=1S/C51H80N2O10/c1-4-7-8-9-10-11-12-13-14-23-47(57)53(27-34-58-35-30-56)46-38-44(52-63-48-24-17-20-33-60-48)42-36-39(21-15-18-28-54)41(22-16-19-29-55)49-43-37-40(59-31-5-2)25-26-45(43)62-51(46,50(42)49)61-32-6-3/h5-6,25-26,36-37,39,41,46,48-50,54-56H,2-4,7-24,27-35,38H2,1H3. The molecule has 7 atom stereocenters. The van der Waals surface area contributed by atoms with Crippen molar-refractivity contribution in [1.29, 1.82) is 0 Å². The van der Waals surface area contributed by atoms with Crippen molar-refractivity contribution < 1.29 is 48.6 Å². The van der Waals surface area contributed by atoms with E-state index < -0.39 is 24.0 Å². The number of ether oxygens (including phenoxy) is 5. The van der Waals surface area contributed by atoms with Gasteiger partial charge >= 0.3 is 0 Å². The molecule has 4 aliphatic rings. The van der Waals surface area contributed by atoms with Gasteiger partial charge in [0.15, 0.2) is 0 Å². The average Bonchev–Trinajstić information content (AvgIpc) is 3.30. The first-order chi connectivity index (χ1) is 31.0. The second kappa shape index (κ2) is 27.9. The van der Waals surface area contributed by atoms with Gasteiger partial charge in [-0.25, -0.2) is 0 Å². The molecule has 0 aromatic heterocycles. The molecule has 2 fully saturated rings. The number of amides is 1. The summed E-state index contributed by atoms with van der Waals surface area (Å²) in [4.78, 5) is 23.1. The summed E-state index contributed by atoms with van der Waals surface area (Å²) in [6, 6.07) is 5.33. The first-order valence-electron chi connectivity index (χ1n) is 24.5. The summed E-state index contributed by atoms with van der Waals surface area (Å²) in [5.41, 5.74) is 2.72. The van der Waals surface area contributed by atoms with Crippen molar-refractivity contribution in [2.45, 2.75) is 159 Å². The quantitative estimate of drug-likeness (QED) is 0.0364. The van der Waals surface area contributed by atoms with Crippen LogP contribution in [0.3, 0.4) is 0 Å². The molecular formula is C51H80N2O10. The fraction of sp³-hybridized carbons (Fsp3) is 0.725. The number of nitrogens with zero attached hydrogens (tertiary/aromatic N) is 2. The van der Waals surface area contributed by atoms with Crippen LogP contribution < -0.4 is 9.47 Å². The maximum atomic E-state index is 14.9. The minimum absolute atomic E-state index is 0.00302. The Morgan fingerprint density at radius 1 is 0.905 bits per heavy atom. The predicted octanol–water partition coefficient (Wildman–Crippen LogP) is 9.17. The first kappa shape index (κ1) is 50.7. The van der Waals surface area contributed by atoms with E-state index in [0.717, 1.165) is 81.1 Å². The Bertz CT molecular complexity index is 1580. The van der Waals surface area contributed by atoms with Gasteiger partial charge in [0, 0.05) is 50.5 Å². The van der Waals surface area contributed by atoms with Crippen LogP contribution in [-0.2, 0) is 23.8 Å². The second-order valence-corrected chi connectivity index (χ2v) is 17.8. The minimum atomic E-state index is -1.36. The third-order valence-electron chi connectivity index (χ3n) is 13.3. The summed E-state index contributed by atoms with van der Waals surface area (Å²) in [6.45, 7) is 12.1. The van der Waals surface area contributed by atoms with Gasteiger partial charge in [-0.1, -0.05) is 101 Å². The number of carbonyl (C=O) groups is 1. The van der Waals surface area contributed by atoms with Crippen LogP contribution in [0.2, 0.25) is 0 Å². The molecule has 7 unspecified atom stereocenters. The number of hydrogen-bond acceptors (Lipinski definition) is 11. The summed E-state index contributed by atoms with van der Waals surface area (Å²) in [5.74, 6) is -0.379. The molecule has 0 spiro atoms. The van der Waals surface area contributed by atoms with Gasteiger partial charge in [0.2, 0.25) is 18.0 Å². The van der Waals surface area contributed by atoms with Crippen LogP contribution in [0.1, 0.15) is 147 Å². The zero-order valence-electron chi connectivity index (χ0n) is 38.4. The molecule has 1 amide bonds. The van der Waals surface area contributed by atoms with Crippen molar-refractivity contribution in [3.63, 3.8) is 0 Å². The number of carbonyl (C=O) groups excluding carboxylic acids is 1. The lowest BCUT2D eigenvalue weighted by molar-refractivity contribution is -0.258. The lowest BCUT2D eigenvalue weighted by Gasteiger charge is -2.60. The number of hydrogen-bond donors (Lipinski definition) is 3. The fourth-order valence-corrected chi connectivity index (χ4v) is 10.3. The number of oxime groups is 1. The molecule has 1 aromatic carbocycles. The summed E-state index contributed by atoms with van der Waals surface area (Å²) < 4.78 is 32.6. The highest BCUT2D eigenvalue weighted by atomic mass is 16.8. The molecule has 12 heteroatoms. The Morgan fingerprint density at radius 2 is 1.65 bits per heavy atom. The average molecular weight is 881 g/mol. The lowest BCUT2D eigenvalue weighted by atomic mass is 9.55. The van der Waals surface area contributed by atoms with Crippen LogP contribution in [0.25, 0.3) is 0 Å². The van der Waals surface area contributed by atoms with Crippen molar-refractivity contribution in [2.75, 3.05) is 59.4 Å². The highest BCUT2D eigenvalue weighted by molar-refractivity contribution is 6.03. The predicted molar refractivity (Wildman–Crippen MR) is 247 cm³/mol. The number of aliphatic hydroxyl groups excluding tert-OH is 3. The Balaban J connectivity index is 1.64. The van der Waals surface area contributed by atoms with Gasteiger partial charge in [0.25, 0.3) is 0 Å². The topological polar surface area (TPSA) is 149 Å². The molecule has 1 saturated heterocycles. The van der Waals surface area contributed by atoms with Crippen molar-refractivity contribution in [2.24, 2.45) is 22.9 Å². The van der Waals surface area contributed by atoms with E-state index in [1.54, 1.807) is 12.2 Å². The fourth-order valence-electron chi connectivity index (χ4n) is 10.3. The molecule has 1 aromatic rings. The molecule has 0 radical (unpaired) electrons. The largest absolute Gasteiger partial charge is 0.490 e. The van der Waals surface area contributed by atoms with Crippen LogP contribution in [0.15, 0.2) is 60.3 Å². The third-order valence-corrected chi connectivity index (χ3v) is 13.3. The van der Waals surface area contributed by atoms with Crippen LogP contribution in [0.5, 0.6) is 11.5 Å². The molecule has 5 rings (SSSR count). The van der Waals surface area contributed by atoms with Crippen LogP contribution >= 0.6 is 0 Å². The van der Waals surface area contributed by atoms with Gasteiger partial charge < -0.3 is 48.7 Å². The summed E-state index contributed by atoms with van der Waals surface area (Å²) in [5, 5.41) is 34.5. The number of allylic oxidation sites excluding steroid dienone is 1. The summed E-state index contributed by atoms with van der Waals surface area (Å²) in [7, 11) is 0. The monoisotopic (exact) mass is 881 g/mol. The normalized spacial score (nSPS) is 25.7. The number of aliphatic hydroxyl groups is 3. The van der Waals surface area contributed by atoms with E-state index in [-0.39, 0.29) is 69.8 Å². The zero-order valence-corrected chi connectivity index (χ0v) is 38.4. The van der Waals surface area contributed by atoms with E-state index in [9.17, 15) is 20.1 Å². The molecule has 2 heterocycles. The maximum absolute atomic E-state index is 14.9. The molecule has 0 bridgehead atoms.